The summed E-state index contributed by atoms with van der Waals surface area (Å²) in [5.41, 5.74) is 0. The summed E-state index contributed by atoms with van der Waals surface area (Å²) >= 11 is 0. The maximum absolute atomic E-state index is 11.8. The molecule has 0 saturated carbocycles. The molecule has 0 aliphatic carbocycles. The number of hydrogen-bond donors (Lipinski definition) is 1. The highest BCUT2D eigenvalue weighted by molar-refractivity contribution is 5.25. The van der Waals surface area contributed by atoms with Crippen LogP contribution >= 0.6 is 0 Å². The zero-order valence-electron chi connectivity index (χ0n) is 7.10. The molecule has 0 amide bonds. The molecule has 0 spiro atoms. The van der Waals surface area contributed by atoms with E-state index in [1.807, 2.05) is 6.92 Å². The maximum Gasteiger partial charge on any atom is 0.405 e. The van der Waals surface area contributed by atoms with Gasteiger partial charge < -0.3 is 9.88 Å². The first-order valence-electron chi connectivity index (χ1n) is 3.84. The third-order valence-corrected chi connectivity index (χ3v) is 1.50. The summed E-state index contributed by atoms with van der Waals surface area (Å²) in [5, 5.41) is 2.21. The van der Waals surface area contributed by atoms with Crippen molar-refractivity contribution >= 4 is 5.95 Å². The van der Waals surface area contributed by atoms with E-state index >= 15 is 0 Å². The number of nitrogens with one attached hydrogen (secondary N) is 1. The van der Waals surface area contributed by atoms with Crippen molar-refractivity contribution in [2.75, 3.05) is 11.9 Å². The first-order valence-corrected chi connectivity index (χ1v) is 3.84. The van der Waals surface area contributed by atoms with Crippen LogP contribution in [0.15, 0.2) is 12.4 Å². The zero-order chi connectivity index (χ0) is 9.90. The van der Waals surface area contributed by atoms with Crippen LogP contribution in [0.25, 0.3) is 0 Å². The molecule has 1 heterocycles. The van der Waals surface area contributed by atoms with Gasteiger partial charge in [-0.05, 0) is 6.92 Å². The number of hydrogen-bond acceptors (Lipinski definition) is 2. The van der Waals surface area contributed by atoms with Gasteiger partial charge in [-0.2, -0.15) is 13.2 Å². The van der Waals surface area contributed by atoms with Crippen LogP contribution in [0.1, 0.15) is 6.92 Å². The number of aryl methyl sites for hydroxylation is 1. The molecule has 0 fully saturated rings. The fraction of sp³-hybridized carbons (Fsp3) is 0.571. The van der Waals surface area contributed by atoms with E-state index in [-0.39, 0.29) is 5.95 Å². The Morgan fingerprint density at radius 1 is 1.54 bits per heavy atom. The van der Waals surface area contributed by atoms with E-state index < -0.39 is 12.7 Å². The Labute approximate surface area is 73.6 Å². The second-order valence-electron chi connectivity index (χ2n) is 2.51. The van der Waals surface area contributed by atoms with Crippen LogP contribution < -0.4 is 5.32 Å². The standard InChI is InChI=1S/C7H10F3N3/c1-2-13-4-3-11-6(13)12-5-7(8,9)10/h3-4H,2,5H2,1H3,(H,11,12). The van der Waals surface area contributed by atoms with Gasteiger partial charge in [-0.25, -0.2) is 4.98 Å². The first-order chi connectivity index (χ1) is 6.03. The van der Waals surface area contributed by atoms with Crippen LogP contribution in [-0.4, -0.2) is 22.3 Å². The minimum Gasteiger partial charge on any atom is -0.347 e. The molecular formula is C7H10F3N3. The fourth-order valence-electron chi connectivity index (χ4n) is 0.911. The van der Waals surface area contributed by atoms with Crippen molar-refractivity contribution in [2.24, 2.45) is 0 Å². The lowest BCUT2D eigenvalue weighted by Gasteiger charge is -2.09. The maximum atomic E-state index is 11.8. The minimum atomic E-state index is -4.20. The average molecular weight is 193 g/mol. The van der Waals surface area contributed by atoms with Gasteiger partial charge in [0.25, 0.3) is 0 Å². The van der Waals surface area contributed by atoms with Crippen LogP contribution in [0, 0.1) is 0 Å². The number of imidazole rings is 1. The molecule has 0 saturated heterocycles. The Kier molecular flexibility index (Phi) is 2.79. The third-order valence-electron chi connectivity index (χ3n) is 1.50. The largest absolute Gasteiger partial charge is 0.405 e. The van der Waals surface area contributed by atoms with Gasteiger partial charge in [0.1, 0.15) is 6.54 Å². The van der Waals surface area contributed by atoms with E-state index in [9.17, 15) is 13.2 Å². The average Bonchev–Trinajstić information content (AvgIpc) is 2.46. The van der Waals surface area contributed by atoms with Crippen LogP contribution in [0.3, 0.4) is 0 Å². The monoisotopic (exact) mass is 193 g/mol. The molecule has 74 valence electrons. The van der Waals surface area contributed by atoms with E-state index in [1.165, 1.54) is 6.20 Å². The second-order valence-corrected chi connectivity index (χ2v) is 2.51. The van der Waals surface area contributed by atoms with Crippen LogP contribution in [-0.2, 0) is 6.54 Å². The number of halogens is 3. The second kappa shape index (κ2) is 3.68. The smallest absolute Gasteiger partial charge is 0.347 e. The van der Waals surface area contributed by atoms with E-state index in [2.05, 4.69) is 10.3 Å². The summed E-state index contributed by atoms with van der Waals surface area (Å²) in [6, 6.07) is 0. The quantitative estimate of drug-likeness (QED) is 0.794. The van der Waals surface area contributed by atoms with Crippen molar-refractivity contribution in [2.45, 2.75) is 19.6 Å². The zero-order valence-corrected chi connectivity index (χ0v) is 7.10. The molecule has 0 aliphatic heterocycles. The molecular weight excluding hydrogens is 183 g/mol. The summed E-state index contributed by atoms with van der Waals surface area (Å²) in [6.07, 6.45) is -1.12. The molecule has 6 heteroatoms. The molecule has 0 bridgehead atoms. The summed E-state index contributed by atoms with van der Waals surface area (Å²) in [5.74, 6) is 0.250. The van der Waals surface area contributed by atoms with E-state index in [1.54, 1.807) is 10.8 Å². The van der Waals surface area contributed by atoms with Gasteiger partial charge in [0.2, 0.25) is 5.95 Å². The molecule has 13 heavy (non-hydrogen) atoms. The molecule has 1 aromatic heterocycles. The number of anilines is 1. The Hall–Kier alpha value is -1.20. The van der Waals surface area contributed by atoms with Crippen molar-refractivity contribution in [3.63, 3.8) is 0 Å². The number of aromatic nitrogens is 2. The molecule has 1 rings (SSSR count). The van der Waals surface area contributed by atoms with Crippen molar-refractivity contribution in [1.29, 1.82) is 0 Å². The Morgan fingerprint density at radius 2 is 2.23 bits per heavy atom. The molecule has 3 nitrogen and oxygen atoms in total. The Balaban J connectivity index is 2.54. The highest BCUT2D eigenvalue weighted by Gasteiger charge is 2.27. The van der Waals surface area contributed by atoms with Crippen molar-refractivity contribution < 1.29 is 13.2 Å². The van der Waals surface area contributed by atoms with Gasteiger partial charge in [0, 0.05) is 18.9 Å². The van der Waals surface area contributed by atoms with Crippen molar-refractivity contribution in [3.8, 4) is 0 Å². The van der Waals surface area contributed by atoms with E-state index in [0.717, 1.165) is 0 Å². The van der Waals surface area contributed by atoms with Crippen LogP contribution in [0.4, 0.5) is 19.1 Å². The number of alkyl halides is 3. The fourth-order valence-corrected chi connectivity index (χ4v) is 0.911. The predicted molar refractivity (Wildman–Crippen MR) is 42.4 cm³/mol. The van der Waals surface area contributed by atoms with Gasteiger partial charge in [-0.1, -0.05) is 0 Å². The molecule has 1 N–H and O–H groups in total. The van der Waals surface area contributed by atoms with E-state index in [4.69, 9.17) is 0 Å². The highest BCUT2D eigenvalue weighted by Crippen LogP contribution is 2.15. The first kappa shape index (κ1) is 9.88. The summed E-state index contributed by atoms with van der Waals surface area (Å²) < 4.78 is 37.0. The summed E-state index contributed by atoms with van der Waals surface area (Å²) in [6.45, 7) is 1.38. The molecule has 0 unspecified atom stereocenters. The number of nitrogens with zero attached hydrogens (tertiary/aromatic N) is 2. The predicted octanol–water partition coefficient (Wildman–Crippen LogP) is 1.88. The van der Waals surface area contributed by atoms with Crippen LogP contribution in [0.2, 0.25) is 0 Å². The van der Waals surface area contributed by atoms with E-state index in [0.29, 0.717) is 6.54 Å². The third kappa shape index (κ3) is 2.96. The topological polar surface area (TPSA) is 29.9 Å². The Morgan fingerprint density at radius 3 is 2.77 bits per heavy atom. The van der Waals surface area contributed by atoms with Gasteiger partial charge >= 0.3 is 6.18 Å². The van der Waals surface area contributed by atoms with Gasteiger partial charge in [-0.15, -0.1) is 0 Å². The van der Waals surface area contributed by atoms with Crippen LogP contribution in [0.5, 0.6) is 0 Å². The Bertz CT molecular complexity index is 266. The van der Waals surface area contributed by atoms with Crippen molar-refractivity contribution in [3.05, 3.63) is 12.4 Å². The lowest BCUT2D eigenvalue weighted by molar-refractivity contribution is -0.115. The minimum absolute atomic E-state index is 0.250. The SMILES string of the molecule is CCn1ccnc1NCC(F)(F)F. The van der Waals surface area contributed by atoms with Crippen molar-refractivity contribution in [1.82, 2.24) is 9.55 Å². The van der Waals surface area contributed by atoms with Gasteiger partial charge in [-0.3, -0.25) is 0 Å². The van der Waals surface area contributed by atoms with Gasteiger partial charge in [0.05, 0.1) is 0 Å². The normalized spacial score (nSPS) is 11.7. The highest BCUT2D eigenvalue weighted by atomic mass is 19.4. The summed E-state index contributed by atoms with van der Waals surface area (Å²) in [4.78, 5) is 3.74. The lowest BCUT2D eigenvalue weighted by atomic mass is 10.6. The molecule has 0 radical (unpaired) electrons. The summed E-state index contributed by atoms with van der Waals surface area (Å²) in [7, 11) is 0. The van der Waals surface area contributed by atoms with Gasteiger partial charge in [0.15, 0.2) is 0 Å². The number of rotatable bonds is 3. The lowest BCUT2D eigenvalue weighted by Crippen LogP contribution is -2.22. The molecule has 0 atom stereocenters. The molecule has 1 aromatic rings. The molecule has 0 aliphatic rings. The molecule has 0 aromatic carbocycles.